The van der Waals surface area contributed by atoms with E-state index in [-0.39, 0.29) is 23.4 Å². The fourth-order valence-corrected chi connectivity index (χ4v) is 11.6. The first kappa shape index (κ1) is 41.5. The van der Waals surface area contributed by atoms with Gasteiger partial charge in [0.25, 0.3) is 6.43 Å². The van der Waals surface area contributed by atoms with Gasteiger partial charge in [-0.25, -0.2) is 22.2 Å². The molecule has 0 bridgehead atoms. The normalized spacial score (nSPS) is 22.4. The molecule has 2 saturated heterocycles. The zero-order valence-electron chi connectivity index (χ0n) is 35.1. The molecule has 1 saturated carbocycles. The van der Waals surface area contributed by atoms with Crippen molar-refractivity contribution in [2.75, 3.05) is 33.3 Å². The van der Waals surface area contributed by atoms with Crippen LogP contribution in [0.5, 0.6) is 11.8 Å². The summed E-state index contributed by atoms with van der Waals surface area (Å²) in [5, 5.41) is 20.0. The Balaban J connectivity index is 0.909. The van der Waals surface area contributed by atoms with E-state index in [9.17, 15) is 32.4 Å². The highest BCUT2D eigenvalue weighted by atomic mass is 32.2. The van der Waals surface area contributed by atoms with Crippen LogP contribution in [0.2, 0.25) is 0 Å². The molecular weight excluding hydrogens is 831 g/mol. The Kier molecular flexibility index (Phi) is 10.7. The number of methoxy groups -OCH3 is 1. The molecule has 63 heavy (non-hydrogen) atoms. The van der Waals surface area contributed by atoms with Gasteiger partial charge in [-0.15, -0.1) is 0 Å². The molecule has 2 aliphatic heterocycles. The maximum Gasteiger partial charge on any atom is 0.269 e. The molecule has 2 N–H and O–H groups in total. The Labute approximate surface area is 364 Å². The van der Waals surface area contributed by atoms with Gasteiger partial charge in [0.15, 0.2) is 5.58 Å². The summed E-state index contributed by atoms with van der Waals surface area (Å²) in [6.07, 6.45) is 1.21. The average molecular weight is 879 g/mol. The molecule has 328 valence electrons. The second-order valence-corrected chi connectivity index (χ2v) is 19.5. The van der Waals surface area contributed by atoms with Gasteiger partial charge in [0.05, 0.1) is 29.9 Å². The lowest BCUT2D eigenvalue weighted by Crippen LogP contribution is -2.38. The van der Waals surface area contributed by atoms with Crippen LogP contribution >= 0.6 is 0 Å². The average Bonchev–Trinajstić information content (AvgIpc) is 3.68. The van der Waals surface area contributed by atoms with Gasteiger partial charge in [0.2, 0.25) is 33.6 Å². The molecule has 13 nitrogen and oxygen atoms in total. The van der Waals surface area contributed by atoms with E-state index in [1.807, 2.05) is 54.3 Å². The van der Waals surface area contributed by atoms with Crippen molar-refractivity contribution in [3.63, 3.8) is 0 Å². The number of benzene rings is 3. The first-order valence-corrected chi connectivity index (χ1v) is 23.3. The van der Waals surface area contributed by atoms with Crippen molar-refractivity contribution in [3.05, 3.63) is 93.0 Å². The molecule has 3 aromatic carbocycles. The maximum atomic E-state index is 14.6. The number of nitrogens with one attached hydrogen (secondary N) is 1. The predicted octanol–water partition coefficient (Wildman–Crippen LogP) is 7.23. The minimum Gasteiger partial charge on any atom is -0.481 e. The molecule has 4 atom stereocenters. The van der Waals surface area contributed by atoms with Crippen LogP contribution in [0.25, 0.3) is 33.7 Å². The third-order valence-corrected chi connectivity index (χ3v) is 15.5. The Hall–Kier alpha value is -5.47. The fourth-order valence-electron chi connectivity index (χ4n) is 10.3. The number of amides is 1. The Morgan fingerprint density at radius 3 is 2.49 bits per heavy atom. The standard InChI is InChI=1S/C47H48F2N6O7S/c1-25-30(32-7-4-8-35-33(32)12-14-41(35)61-47-37(43(48)49)19-27(45(52-47)60-2)22-54-17-16-28(56)24-54)5-3-6-31(25)46-51-39-20-36-34(38(21-50)42(39)62-46)11-13-40(36)55-18-15-26(23-55)44(57)53-63(58,59)29-9-10-29/h3-8,19-20,26,28-29,40-41,43,56H,9-18,22-24H2,1-2H3,(H,53,57)/t26-,28-,40-,41+/m1/s1. The largest absolute Gasteiger partial charge is 0.481 e. The molecule has 0 spiro atoms. The number of aliphatic hydroxyl groups excluding tert-OH is 1. The van der Waals surface area contributed by atoms with Crippen molar-refractivity contribution >= 4 is 27.0 Å². The number of alkyl halides is 2. The monoisotopic (exact) mass is 878 g/mol. The molecule has 2 aromatic heterocycles. The summed E-state index contributed by atoms with van der Waals surface area (Å²) < 4.78 is 74.7. The first-order valence-electron chi connectivity index (χ1n) is 21.7. The van der Waals surface area contributed by atoms with Crippen molar-refractivity contribution in [2.45, 2.75) is 94.8 Å². The Morgan fingerprint density at radius 1 is 0.968 bits per heavy atom. The van der Waals surface area contributed by atoms with Gasteiger partial charge in [-0.3, -0.25) is 19.3 Å². The molecule has 5 aliphatic rings. The number of nitrogens with zero attached hydrogens (tertiary/aromatic N) is 5. The first-order chi connectivity index (χ1) is 30.4. The number of carbonyl (C=O) groups excluding carboxylic acids is 1. The highest BCUT2D eigenvalue weighted by Crippen LogP contribution is 2.46. The predicted molar refractivity (Wildman–Crippen MR) is 228 cm³/mol. The molecule has 3 fully saturated rings. The van der Waals surface area contributed by atoms with Crippen LogP contribution in [0.3, 0.4) is 0 Å². The molecule has 4 heterocycles. The number of aromatic nitrogens is 2. The lowest BCUT2D eigenvalue weighted by molar-refractivity contribution is -0.122. The number of hydrogen-bond donors (Lipinski definition) is 2. The molecule has 5 aromatic rings. The number of pyridine rings is 1. The highest BCUT2D eigenvalue weighted by molar-refractivity contribution is 7.90. The smallest absolute Gasteiger partial charge is 0.269 e. The SMILES string of the molecule is COc1nc(O[C@H]2CCc3c(-c4cccc(-c5nc6cc7c(c(C#N)c6o5)CC[C@H]7N5CC[C@@H](C(=O)NS(=O)(=O)C6CC6)C5)c4C)cccc32)c(C(F)F)cc1CN1CC[C@@H](O)C1. The minimum atomic E-state index is -3.62. The van der Waals surface area contributed by atoms with Crippen molar-refractivity contribution in [1.82, 2.24) is 24.5 Å². The fraction of sp³-hybridized carbons (Fsp3) is 0.447. The molecule has 0 radical (unpaired) electrons. The van der Waals surface area contributed by atoms with Gasteiger partial charge in [0, 0.05) is 43.3 Å². The molecule has 3 aliphatic carbocycles. The Morgan fingerprint density at radius 2 is 1.75 bits per heavy atom. The van der Waals surface area contributed by atoms with Crippen LogP contribution in [0, 0.1) is 24.2 Å². The molecule has 10 rings (SSSR count). The number of carbonyl (C=O) groups is 1. The number of oxazole rings is 1. The van der Waals surface area contributed by atoms with Crippen molar-refractivity contribution < 1.29 is 41.0 Å². The van der Waals surface area contributed by atoms with Crippen LogP contribution in [-0.2, 0) is 34.2 Å². The van der Waals surface area contributed by atoms with Crippen LogP contribution in [0.15, 0.2) is 52.9 Å². The third-order valence-electron chi connectivity index (χ3n) is 13.6. The van der Waals surface area contributed by atoms with E-state index in [1.54, 1.807) is 0 Å². The van der Waals surface area contributed by atoms with E-state index < -0.39 is 45.7 Å². The number of hydrogen-bond acceptors (Lipinski definition) is 12. The van der Waals surface area contributed by atoms with E-state index in [0.717, 1.165) is 50.9 Å². The van der Waals surface area contributed by atoms with Gasteiger partial charge < -0.3 is 19.0 Å². The van der Waals surface area contributed by atoms with Crippen LogP contribution in [0.1, 0.15) is 102 Å². The van der Waals surface area contributed by atoms with E-state index in [2.05, 4.69) is 20.7 Å². The zero-order valence-corrected chi connectivity index (χ0v) is 35.9. The number of fused-ring (bicyclic) bond motifs is 3. The van der Waals surface area contributed by atoms with E-state index >= 15 is 0 Å². The quantitative estimate of drug-likeness (QED) is 0.129. The van der Waals surface area contributed by atoms with E-state index in [0.29, 0.717) is 106 Å². The van der Waals surface area contributed by atoms with Gasteiger partial charge in [0.1, 0.15) is 23.3 Å². The van der Waals surface area contributed by atoms with Gasteiger partial charge in [-0.2, -0.15) is 10.2 Å². The lowest BCUT2D eigenvalue weighted by Gasteiger charge is -2.24. The second-order valence-electron chi connectivity index (χ2n) is 17.6. The number of ether oxygens (including phenoxy) is 2. The van der Waals surface area contributed by atoms with Crippen LogP contribution < -0.4 is 14.2 Å². The van der Waals surface area contributed by atoms with Crippen molar-refractivity contribution in [2.24, 2.45) is 5.92 Å². The summed E-state index contributed by atoms with van der Waals surface area (Å²) in [5.74, 6) is -0.436. The van der Waals surface area contributed by atoms with Crippen molar-refractivity contribution in [3.8, 4) is 40.4 Å². The Bertz CT molecular complexity index is 2800. The maximum absolute atomic E-state index is 14.6. The summed E-state index contributed by atoms with van der Waals surface area (Å²) >= 11 is 0. The second kappa shape index (κ2) is 16.3. The lowest BCUT2D eigenvalue weighted by atomic mass is 9.91. The molecule has 0 unspecified atom stereocenters. The minimum absolute atomic E-state index is 0.0395. The molecule has 16 heteroatoms. The topological polar surface area (TPSA) is 171 Å². The number of β-amino-alcohol motifs (C(OH)–C–C–N with tert-alkyl or cyclic N) is 1. The zero-order chi connectivity index (χ0) is 43.7. The summed E-state index contributed by atoms with van der Waals surface area (Å²) in [5.41, 5.74) is 9.14. The van der Waals surface area contributed by atoms with Crippen LogP contribution in [0.4, 0.5) is 8.78 Å². The molecular formula is C47H48F2N6O7S. The third kappa shape index (κ3) is 7.62. The highest BCUT2D eigenvalue weighted by Gasteiger charge is 2.42. The summed E-state index contributed by atoms with van der Waals surface area (Å²) in [6.45, 7) is 4.52. The van der Waals surface area contributed by atoms with E-state index in [4.69, 9.17) is 18.9 Å². The van der Waals surface area contributed by atoms with Gasteiger partial charge in [-0.1, -0.05) is 30.3 Å². The summed E-state index contributed by atoms with van der Waals surface area (Å²) in [7, 11) is -2.16. The molecule has 1 amide bonds. The van der Waals surface area contributed by atoms with Gasteiger partial charge in [-0.05, 0) is 122 Å². The van der Waals surface area contributed by atoms with Crippen molar-refractivity contribution in [1.29, 1.82) is 5.26 Å². The summed E-state index contributed by atoms with van der Waals surface area (Å²) in [4.78, 5) is 26.6. The van der Waals surface area contributed by atoms with Crippen LogP contribution in [-0.4, -0.2) is 83.8 Å². The number of halogens is 2. The van der Waals surface area contributed by atoms with E-state index in [1.165, 1.54) is 13.2 Å². The summed E-state index contributed by atoms with van der Waals surface area (Å²) in [6, 6.07) is 17.7. The number of nitriles is 1. The number of aliphatic hydroxyl groups is 1. The number of rotatable bonds is 12. The van der Waals surface area contributed by atoms with Gasteiger partial charge >= 0.3 is 0 Å². The number of likely N-dealkylation sites (tertiary alicyclic amines) is 2. The number of sulfonamides is 1.